The number of aromatic hydroxyl groups is 1. The second kappa shape index (κ2) is 7.92. The van der Waals surface area contributed by atoms with Crippen LogP contribution in [0.25, 0.3) is 0 Å². The van der Waals surface area contributed by atoms with E-state index in [-0.39, 0.29) is 17.1 Å². The van der Waals surface area contributed by atoms with Gasteiger partial charge in [-0.15, -0.1) is 0 Å². The highest BCUT2D eigenvalue weighted by Gasteiger charge is 2.30. The molecule has 2 aromatic carbocycles. The van der Waals surface area contributed by atoms with Crippen LogP contribution in [-0.4, -0.2) is 54.0 Å². The van der Waals surface area contributed by atoms with Crippen molar-refractivity contribution in [2.45, 2.75) is 25.2 Å². The summed E-state index contributed by atoms with van der Waals surface area (Å²) in [4.78, 5) is 17.0. The summed E-state index contributed by atoms with van der Waals surface area (Å²) in [6, 6.07) is 17.7. The van der Waals surface area contributed by atoms with Gasteiger partial charge in [-0.2, -0.15) is 0 Å². The standard InChI is InChI=1S/C22H28N2O2/c1-22(18-6-4-3-5-7-18,19-8-10-20(25)11-9-19)13-12-21(26)24-16-14-23(2)15-17-24/h3-11,25H,12-17H2,1-2H3. The number of hydrogen-bond acceptors (Lipinski definition) is 3. The number of rotatable bonds is 5. The fourth-order valence-electron chi connectivity index (χ4n) is 3.66. The van der Waals surface area contributed by atoms with Gasteiger partial charge in [0.15, 0.2) is 0 Å². The van der Waals surface area contributed by atoms with Gasteiger partial charge in [0, 0.05) is 38.0 Å². The fraction of sp³-hybridized carbons (Fsp3) is 0.409. The molecule has 0 radical (unpaired) electrons. The van der Waals surface area contributed by atoms with E-state index in [9.17, 15) is 9.90 Å². The molecule has 0 spiro atoms. The van der Waals surface area contributed by atoms with Gasteiger partial charge in [-0.1, -0.05) is 49.4 Å². The van der Waals surface area contributed by atoms with Crippen LogP contribution in [0.15, 0.2) is 54.6 Å². The van der Waals surface area contributed by atoms with Gasteiger partial charge in [-0.05, 0) is 36.7 Å². The third-order valence-electron chi connectivity index (χ3n) is 5.61. The zero-order valence-electron chi connectivity index (χ0n) is 15.7. The molecule has 0 bridgehead atoms. The molecule has 2 aromatic rings. The van der Waals surface area contributed by atoms with Crippen molar-refractivity contribution in [2.24, 2.45) is 0 Å². The Labute approximate surface area is 156 Å². The Morgan fingerprint density at radius 3 is 2.15 bits per heavy atom. The van der Waals surface area contributed by atoms with E-state index in [0.717, 1.165) is 38.2 Å². The van der Waals surface area contributed by atoms with Gasteiger partial charge in [0.1, 0.15) is 5.75 Å². The number of nitrogens with zero attached hydrogens (tertiary/aromatic N) is 2. The first-order chi connectivity index (χ1) is 12.5. The molecule has 26 heavy (non-hydrogen) atoms. The lowest BCUT2D eigenvalue weighted by atomic mass is 9.73. The predicted octanol–water partition coefficient (Wildman–Crippen LogP) is 3.25. The average Bonchev–Trinajstić information content (AvgIpc) is 2.67. The second-order valence-electron chi connectivity index (χ2n) is 7.43. The van der Waals surface area contributed by atoms with Crippen molar-refractivity contribution in [3.8, 4) is 5.75 Å². The molecule has 1 unspecified atom stereocenters. The van der Waals surface area contributed by atoms with Crippen molar-refractivity contribution in [1.82, 2.24) is 9.80 Å². The molecule has 0 saturated carbocycles. The van der Waals surface area contributed by atoms with Crippen LogP contribution in [0.3, 0.4) is 0 Å². The Morgan fingerprint density at radius 1 is 0.962 bits per heavy atom. The van der Waals surface area contributed by atoms with E-state index in [2.05, 4.69) is 31.0 Å². The molecular formula is C22H28N2O2. The van der Waals surface area contributed by atoms with E-state index in [1.807, 2.05) is 35.2 Å². The van der Waals surface area contributed by atoms with Crippen molar-refractivity contribution < 1.29 is 9.90 Å². The minimum atomic E-state index is -0.267. The van der Waals surface area contributed by atoms with Gasteiger partial charge < -0.3 is 14.9 Å². The first-order valence-corrected chi connectivity index (χ1v) is 9.30. The first kappa shape index (κ1) is 18.5. The molecule has 1 N–H and O–H groups in total. The molecule has 1 heterocycles. The molecule has 1 aliphatic rings. The minimum absolute atomic E-state index is 0.235. The van der Waals surface area contributed by atoms with E-state index >= 15 is 0 Å². The topological polar surface area (TPSA) is 43.8 Å². The fourth-order valence-corrected chi connectivity index (χ4v) is 3.66. The van der Waals surface area contributed by atoms with Crippen molar-refractivity contribution in [2.75, 3.05) is 33.2 Å². The summed E-state index contributed by atoms with van der Waals surface area (Å²) in [6.45, 7) is 5.71. The summed E-state index contributed by atoms with van der Waals surface area (Å²) in [6.07, 6.45) is 1.27. The number of benzene rings is 2. The average molecular weight is 352 g/mol. The number of piperazine rings is 1. The van der Waals surface area contributed by atoms with E-state index in [1.54, 1.807) is 12.1 Å². The van der Waals surface area contributed by atoms with Gasteiger partial charge in [-0.25, -0.2) is 0 Å². The number of likely N-dealkylation sites (N-methyl/N-ethyl adjacent to an activating group) is 1. The Kier molecular flexibility index (Phi) is 5.62. The Hall–Kier alpha value is -2.33. The molecule has 1 saturated heterocycles. The summed E-state index contributed by atoms with van der Waals surface area (Å²) in [5.41, 5.74) is 2.04. The predicted molar refractivity (Wildman–Crippen MR) is 104 cm³/mol. The molecule has 1 atom stereocenters. The van der Waals surface area contributed by atoms with Gasteiger partial charge in [-0.3, -0.25) is 4.79 Å². The highest BCUT2D eigenvalue weighted by Crippen LogP contribution is 2.37. The van der Waals surface area contributed by atoms with Gasteiger partial charge in [0.25, 0.3) is 0 Å². The van der Waals surface area contributed by atoms with Crippen LogP contribution in [0.2, 0.25) is 0 Å². The van der Waals surface area contributed by atoms with Gasteiger partial charge >= 0.3 is 0 Å². The molecular weight excluding hydrogens is 324 g/mol. The van der Waals surface area contributed by atoms with Crippen molar-refractivity contribution >= 4 is 5.91 Å². The highest BCUT2D eigenvalue weighted by atomic mass is 16.3. The number of carbonyl (C=O) groups is 1. The SMILES string of the molecule is CN1CCN(C(=O)CCC(C)(c2ccccc2)c2ccc(O)cc2)CC1. The van der Waals surface area contributed by atoms with E-state index in [1.165, 1.54) is 5.56 Å². The molecule has 1 aliphatic heterocycles. The van der Waals surface area contributed by atoms with Crippen LogP contribution in [0.4, 0.5) is 0 Å². The number of phenolic OH excluding ortho intramolecular Hbond substituents is 1. The molecule has 1 fully saturated rings. The first-order valence-electron chi connectivity index (χ1n) is 9.30. The normalized spacial score (nSPS) is 17.7. The molecule has 1 amide bonds. The lowest BCUT2D eigenvalue weighted by Gasteiger charge is -2.35. The molecule has 0 aliphatic carbocycles. The van der Waals surface area contributed by atoms with Crippen molar-refractivity contribution in [3.63, 3.8) is 0 Å². The molecule has 3 rings (SSSR count). The number of hydrogen-bond donors (Lipinski definition) is 1. The van der Waals surface area contributed by atoms with E-state index in [4.69, 9.17) is 0 Å². The van der Waals surface area contributed by atoms with Gasteiger partial charge in [0.05, 0.1) is 0 Å². The lowest BCUT2D eigenvalue weighted by molar-refractivity contribution is -0.133. The number of amides is 1. The van der Waals surface area contributed by atoms with Crippen LogP contribution in [0.1, 0.15) is 30.9 Å². The Balaban J connectivity index is 1.78. The quantitative estimate of drug-likeness (QED) is 0.898. The maximum Gasteiger partial charge on any atom is 0.222 e. The largest absolute Gasteiger partial charge is 0.508 e. The molecule has 0 aromatic heterocycles. The number of carbonyl (C=O) groups excluding carboxylic acids is 1. The third-order valence-corrected chi connectivity index (χ3v) is 5.61. The smallest absolute Gasteiger partial charge is 0.222 e. The maximum absolute atomic E-state index is 12.7. The summed E-state index contributed by atoms with van der Waals surface area (Å²) in [5.74, 6) is 0.497. The minimum Gasteiger partial charge on any atom is -0.508 e. The van der Waals surface area contributed by atoms with Crippen molar-refractivity contribution in [3.05, 3.63) is 65.7 Å². The zero-order valence-corrected chi connectivity index (χ0v) is 15.7. The summed E-state index contributed by atoms with van der Waals surface area (Å²) in [5, 5.41) is 9.64. The van der Waals surface area contributed by atoms with Crippen molar-refractivity contribution in [1.29, 1.82) is 0 Å². The monoisotopic (exact) mass is 352 g/mol. The number of phenols is 1. The zero-order chi connectivity index (χ0) is 18.6. The summed E-state index contributed by atoms with van der Waals surface area (Å²) >= 11 is 0. The van der Waals surface area contributed by atoms with Crippen LogP contribution >= 0.6 is 0 Å². The van der Waals surface area contributed by atoms with Crippen LogP contribution in [0.5, 0.6) is 5.75 Å². The van der Waals surface area contributed by atoms with Gasteiger partial charge in [0.2, 0.25) is 5.91 Å². The third kappa shape index (κ3) is 4.07. The van der Waals surface area contributed by atoms with Crippen LogP contribution in [0, 0.1) is 0 Å². The molecule has 138 valence electrons. The Morgan fingerprint density at radius 2 is 1.54 bits per heavy atom. The van der Waals surface area contributed by atoms with Crippen LogP contribution in [-0.2, 0) is 10.2 Å². The second-order valence-corrected chi connectivity index (χ2v) is 7.43. The highest BCUT2D eigenvalue weighted by molar-refractivity contribution is 5.76. The molecule has 4 heteroatoms. The molecule has 4 nitrogen and oxygen atoms in total. The Bertz CT molecular complexity index is 722. The lowest BCUT2D eigenvalue weighted by Crippen LogP contribution is -2.47. The summed E-state index contributed by atoms with van der Waals surface area (Å²) < 4.78 is 0. The maximum atomic E-state index is 12.7. The van der Waals surface area contributed by atoms with Crippen LogP contribution < -0.4 is 0 Å². The van der Waals surface area contributed by atoms with E-state index < -0.39 is 0 Å². The summed E-state index contributed by atoms with van der Waals surface area (Å²) in [7, 11) is 2.10. The van der Waals surface area contributed by atoms with E-state index in [0.29, 0.717) is 6.42 Å².